The van der Waals surface area contributed by atoms with Gasteiger partial charge in [0.15, 0.2) is 5.82 Å². The van der Waals surface area contributed by atoms with Crippen molar-refractivity contribution in [3.63, 3.8) is 0 Å². The Morgan fingerprint density at radius 1 is 1.06 bits per heavy atom. The molecule has 2 N–H and O–H groups in total. The van der Waals surface area contributed by atoms with Crippen LogP contribution in [-0.2, 0) is 0 Å². The van der Waals surface area contributed by atoms with Crippen molar-refractivity contribution in [3.05, 3.63) is 42.6 Å². The number of nitrogens with two attached hydrogens (primary N) is 1. The number of nitrogen functional groups attached to an aromatic ring is 1. The number of hydrogen-bond acceptors (Lipinski definition) is 5. The third-order valence-corrected chi connectivity index (χ3v) is 2.94. The monoisotopic (exact) mass is 243 g/mol. The molecule has 0 fully saturated rings. The second-order valence-corrected chi connectivity index (χ2v) is 3.99. The van der Waals surface area contributed by atoms with Crippen molar-refractivity contribution in [3.8, 4) is 17.1 Å². The number of aromatic nitrogens is 4. The van der Waals surface area contributed by atoms with Crippen LogP contribution in [0.4, 0.5) is 5.82 Å². The van der Waals surface area contributed by atoms with Crippen molar-refractivity contribution in [2.24, 2.45) is 0 Å². The summed E-state index contributed by atoms with van der Waals surface area (Å²) in [6.45, 7) is 0. The summed E-state index contributed by atoms with van der Waals surface area (Å²) in [5.74, 6) is 0.438. The first-order valence-corrected chi connectivity index (χ1v) is 5.77. The molecule has 3 rings (SSSR count). The van der Waals surface area contributed by atoms with Crippen LogP contribution in [-0.4, -0.2) is 18.5 Å². The Morgan fingerprint density at radius 2 is 1.88 bits per heavy atom. The van der Waals surface area contributed by atoms with E-state index in [2.05, 4.69) is 13.8 Å². The average Bonchev–Trinajstić information content (AvgIpc) is 2.98. The summed E-state index contributed by atoms with van der Waals surface area (Å²) in [6, 6.07) is 11.7. The minimum absolute atomic E-state index is 0.438. The summed E-state index contributed by atoms with van der Waals surface area (Å²) in [4.78, 5) is 0. The molecule has 0 aliphatic rings. The zero-order chi connectivity index (χ0) is 11.7. The molecule has 2 heterocycles. The van der Waals surface area contributed by atoms with Gasteiger partial charge in [-0.3, -0.25) is 0 Å². The standard InChI is InChI=1S/C11H9N5S/c12-11-10(14-17-15-11)9-6-7-13-16(9)8-4-2-1-3-5-8/h1-7H,(H2,12,15). The van der Waals surface area contributed by atoms with Gasteiger partial charge in [0.1, 0.15) is 5.69 Å². The van der Waals surface area contributed by atoms with Crippen LogP contribution in [0, 0.1) is 0 Å². The van der Waals surface area contributed by atoms with E-state index in [-0.39, 0.29) is 0 Å². The molecule has 0 radical (unpaired) electrons. The summed E-state index contributed by atoms with van der Waals surface area (Å²) >= 11 is 1.10. The van der Waals surface area contributed by atoms with Crippen LogP contribution in [0.2, 0.25) is 0 Å². The van der Waals surface area contributed by atoms with E-state index in [0.29, 0.717) is 11.5 Å². The Kier molecular flexibility index (Phi) is 2.34. The second-order valence-electron chi connectivity index (χ2n) is 3.46. The molecule has 0 aliphatic carbocycles. The molecule has 0 saturated carbocycles. The summed E-state index contributed by atoms with van der Waals surface area (Å²) in [6.07, 6.45) is 1.72. The van der Waals surface area contributed by atoms with E-state index < -0.39 is 0 Å². The molecule has 5 nitrogen and oxygen atoms in total. The van der Waals surface area contributed by atoms with E-state index in [4.69, 9.17) is 5.73 Å². The normalized spacial score (nSPS) is 10.6. The predicted molar refractivity (Wildman–Crippen MR) is 66.9 cm³/mol. The van der Waals surface area contributed by atoms with Crippen LogP contribution in [0.3, 0.4) is 0 Å². The van der Waals surface area contributed by atoms with E-state index >= 15 is 0 Å². The number of rotatable bonds is 2. The topological polar surface area (TPSA) is 69.6 Å². The number of nitrogens with zero attached hydrogens (tertiary/aromatic N) is 4. The first-order chi connectivity index (χ1) is 8.36. The van der Waals surface area contributed by atoms with Gasteiger partial charge in [-0.25, -0.2) is 4.68 Å². The zero-order valence-corrected chi connectivity index (χ0v) is 9.63. The molecule has 1 aromatic carbocycles. The highest BCUT2D eigenvalue weighted by molar-refractivity contribution is 6.99. The molecule has 0 unspecified atom stereocenters. The highest BCUT2D eigenvalue weighted by Crippen LogP contribution is 2.25. The van der Waals surface area contributed by atoms with E-state index in [0.717, 1.165) is 23.1 Å². The fraction of sp³-hybridized carbons (Fsp3) is 0. The molecule has 0 atom stereocenters. The van der Waals surface area contributed by atoms with Gasteiger partial charge >= 0.3 is 0 Å². The van der Waals surface area contributed by atoms with Crippen molar-refractivity contribution < 1.29 is 0 Å². The van der Waals surface area contributed by atoms with E-state index in [1.165, 1.54) is 0 Å². The van der Waals surface area contributed by atoms with Gasteiger partial charge in [-0.1, -0.05) is 18.2 Å². The third kappa shape index (κ3) is 1.68. The Hall–Kier alpha value is -2.21. The smallest absolute Gasteiger partial charge is 0.167 e. The average molecular weight is 243 g/mol. The van der Waals surface area contributed by atoms with Gasteiger partial charge in [0.2, 0.25) is 0 Å². The van der Waals surface area contributed by atoms with Crippen molar-refractivity contribution in [1.29, 1.82) is 0 Å². The predicted octanol–water partition coefficient (Wildman–Crippen LogP) is 1.97. The van der Waals surface area contributed by atoms with Crippen molar-refractivity contribution >= 4 is 17.5 Å². The third-order valence-electron chi connectivity index (χ3n) is 2.40. The SMILES string of the molecule is Nc1nsnc1-c1ccnn1-c1ccccc1. The van der Waals surface area contributed by atoms with E-state index in [1.807, 2.05) is 36.4 Å². The van der Waals surface area contributed by atoms with Crippen LogP contribution in [0.5, 0.6) is 0 Å². The maximum absolute atomic E-state index is 5.77. The van der Waals surface area contributed by atoms with Gasteiger partial charge in [-0.2, -0.15) is 13.8 Å². The molecule has 6 heteroatoms. The Labute approximate surface area is 102 Å². The van der Waals surface area contributed by atoms with Crippen LogP contribution < -0.4 is 5.73 Å². The van der Waals surface area contributed by atoms with Crippen LogP contribution in [0.15, 0.2) is 42.6 Å². The van der Waals surface area contributed by atoms with Gasteiger partial charge in [0, 0.05) is 0 Å². The Bertz CT molecular complexity index is 628. The van der Waals surface area contributed by atoms with Gasteiger partial charge < -0.3 is 5.73 Å². The van der Waals surface area contributed by atoms with Crippen molar-refractivity contribution in [2.45, 2.75) is 0 Å². The molecule has 17 heavy (non-hydrogen) atoms. The second kappa shape index (κ2) is 3.99. The van der Waals surface area contributed by atoms with E-state index in [1.54, 1.807) is 10.9 Å². The molecule has 0 aliphatic heterocycles. The van der Waals surface area contributed by atoms with Gasteiger partial charge in [-0.15, -0.1) is 0 Å². The first kappa shape index (κ1) is 9.98. The molecule has 0 amide bonds. The largest absolute Gasteiger partial charge is 0.381 e. The quantitative estimate of drug-likeness (QED) is 0.747. The maximum atomic E-state index is 5.77. The van der Waals surface area contributed by atoms with E-state index in [9.17, 15) is 0 Å². The number of benzene rings is 1. The summed E-state index contributed by atoms with van der Waals surface area (Å²) < 4.78 is 9.96. The Morgan fingerprint density at radius 3 is 2.59 bits per heavy atom. The van der Waals surface area contributed by atoms with Crippen molar-refractivity contribution in [2.75, 3.05) is 5.73 Å². The molecule has 3 aromatic rings. The maximum Gasteiger partial charge on any atom is 0.167 e. The fourth-order valence-corrected chi connectivity index (χ4v) is 2.11. The molecule has 0 spiro atoms. The van der Waals surface area contributed by atoms with Crippen LogP contribution in [0.1, 0.15) is 0 Å². The lowest BCUT2D eigenvalue weighted by atomic mass is 10.3. The summed E-state index contributed by atoms with van der Waals surface area (Å²) in [5.41, 5.74) is 8.27. The van der Waals surface area contributed by atoms with Gasteiger partial charge in [-0.05, 0) is 18.2 Å². The molecule has 84 valence electrons. The van der Waals surface area contributed by atoms with Crippen LogP contribution in [0.25, 0.3) is 17.1 Å². The summed E-state index contributed by atoms with van der Waals surface area (Å²) in [5, 5.41) is 4.28. The lowest BCUT2D eigenvalue weighted by Gasteiger charge is -2.05. The first-order valence-electron chi connectivity index (χ1n) is 5.04. The minimum Gasteiger partial charge on any atom is -0.381 e. The van der Waals surface area contributed by atoms with Gasteiger partial charge in [0.25, 0.3) is 0 Å². The molecule has 0 saturated heterocycles. The number of para-hydroxylation sites is 1. The lowest BCUT2D eigenvalue weighted by molar-refractivity contribution is 0.886. The minimum atomic E-state index is 0.438. The molecular weight excluding hydrogens is 234 g/mol. The fourth-order valence-electron chi connectivity index (χ4n) is 1.63. The number of hydrogen-bond donors (Lipinski definition) is 1. The number of anilines is 1. The highest BCUT2D eigenvalue weighted by Gasteiger charge is 2.13. The van der Waals surface area contributed by atoms with Gasteiger partial charge in [0.05, 0.1) is 29.3 Å². The van der Waals surface area contributed by atoms with Crippen molar-refractivity contribution in [1.82, 2.24) is 18.5 Å². The molecule has 0 bridgehead atoms. The van der Waals surface area contributed by atoms with Crippen LogP contribution >= 0.6 is 11.7 Å². The molecular formula is C11H9N5S. The molecule has 2 aromatic heterocycles. The lowest BCUT2D eigenvalue weighted by Crippen LogP contribution is -2.00. The summed E-state index contributed by atoms with van der Waals surface area (Å²) in [7, 11) is 0. The zero-order valence-electron chi connectivity index (χ0n) is 8.82. The Balaban J connectivity index is 2.16. The highest BCUT2D eigenvalue weighted by atomic mass is 32.1.